The highest BCUT2D eigenvalue weighted by atomic mass is 32.2. The molecule has 1 N–H and O–H groups in total. The molecule has 2 aliphatic heterocycles. The number of carbonyl (C=O) groups excluding carboxylic acids is 2. The number of amides is 1. The van der Waals surface area contributed by atoms with Crippen LogP contribution in [0.4, 0.5) is 0 Å². The SMILES string of the molecule is O=C1C=CC2=NC(CCNC(=O)CN3CCOCC3)SC2=C1. The number of rotatable bonds is 5. The molecule has 1 saturated heterocycles. The van der Waals surface area contributed by atoms with Crippen LogP contribution in [0, 0.1) is 0 Å². The topological polar surface area (TPSA) is 71.0 Å². The molecule has 1 fully saturated rings. The number of carbonyl (C=O) groups is 2. The molecule has 0 aromatic rings. The Morgan fingerprint density at radius 1 is 1.41 bits per heavy atom. The summed E-state index contributed by atoms with van der Waals surface area (Å²) in [6.45, 7) is 4.05. The molecule has 1 unspecified atom stereocenters. The molecule has 22 heavy (non-hydrogen) atoms. The van der Waals surface area contributed by atoms with Crippen molar-refractivity contribution in [1.29, 1.82) is 0 Å². The standard InChI is InChI=1S/C15H19N3O3S/c19-11-1-2-12-13(9-11)22-15(17-12)3-4-16-14(20)10-18-5-7-21-8-6-18/h1-2,9,15H,3-8,10H2,(H,16,20). The van der Waals surface area contributed by atoms with Crippen LogP contribution in [0.15, 0.2) is 28.1 Å². The second kappa shape index (κ2) is 7.21. The van der Waals surface area contributed by atoms with Crippen LogP contribution in [0.3, 0.4) is 0 Å². The number of nitrogens with zero attached hydrogens (tertiary/aromatic N) is 2. The molecule has 6 nitrogen and oxygen atoms in total. The van der Waals surface area contributed by atoms with Gasteiger partial charge in [-0.25, -0.2) is 0 Å². The van der Waals surface area contributed by atoms with E-state index in [9.17, 15) is 9.59 Å². The Morgan fingerprint density at radius 2 is 2.23 bits per heavy atom. The van der Waals surface area contributed by atoms with Gasteiger partial charge in [0.15, 0.2) is 5.78 Å². The number of ether oxygens (including phenoxy) is 1. The van der Waals surface area contributed by atoms with Crippen LogP contribution >= 0.6 is 11.8 Å². The van der Waals surface area contributed by atoms with Gasteiger partial charge in [0.25, 0.3) is 0 Å². The summed E-state index contributed by atoms with van der Waals surface area (Å²) < 4.78 is 5.26. The first-order valence-corrected chi connectivity index (χ1v) is 8.34. The van der Waals surface area contributed by atoms with E-state index in [0.717, 1.165) is 30.1 Å². The zero-order chi connectivity index (χ0) is 15.4. The van der Waals surface area contributed by atoms with Crippen LogP contribution in [-0.2, 0) is 14.3 Å². The number of hydrogen-bond acceptors (Lipinski definition) is 6. The second-order valence-electron chi connectivity index (χ2n) is 5.36. The summed E-state index contributed by atoms with van der Waals surface area (Å²) in [5, 5.41) is 3.02. The first-order chi connectivity index (χ1) is 10.7. The van der Waals surface area contributed by atoms with Crippen LogP contribution < -0.4 is 5.32 Å². The van der Waals surface area contributed by atoms with Gasteiger partial charge in [-0.2, -0.15) is 0 Å². The van der Waals surface area contributed by atoms with Crippen molar-refractivity contribution in [1.82, 2.24) is 10.2 Å². The van der Waals surface area contributed by atoms with E-state index >= 15 is 0 Å². The molecule has 0 bridgehead atoms. The van der Waals surface area contributed by atoms with Crippen LogP contribution in [-0.4, -0.2) is 67.1 Å². The monoisotopic (exact) mass is 321 g/mol. The van der Waals surface area contributed by atoms with Crippen molar-refractivity contribution < 1.29 is 14.3 Å². The Morgan fingerprint density at radius 3 is 3.05 bits per heavy atom. The van der Waals surface area contributed by atoms with Crippen molar-refractivity contribution in [3.05, 3.63) is 23.1 Å². The molecular weight excluding hydrogens is 302 g/mol. The molecule has 0 aromatic carbocycles. The molecule has 1 aliphatic carbocycles. The number of ketones is 1. The molecule has 3 rings (SSSR count). The van der Waals surface area contributed by atoms with Gasteiger partial charge in [-0.05, 0) is 18.6 Å². The maximum absolute atomic E-state index is 11.9. The lowest BCUT2D eigenvalue weighted by Gasteiger charge is -2.25. The van der Waals surface area contributed by atoms with Gasteiger partial charge >= 0.3 is 0 Å². The molecule has 0 saturated carbocycles. The average Bonchev–Trinajstić information content (AvgIpc) is 2.90. The van der Waals surface area contributed by atoms with Crippen molar-refractivity contribution in [3.63, 3.8) is 0 Å². The van der Waals surface area contributed by atoms with Crippen molar-refractivity contribution in [2.75, 3.05) is 39.4 Å². The molecule has 1 atom stereocenters. The molecule has 7 heteroatoms. The van der Waals surface area contributed by atoms with E-state index in [1.54, 1.807) is 23.9 Å². The molecule has 0 radical (unpaired) electrons. The molecule has 0 aromatic heterocycles. The van der Waals surface area contributed by atoms with Gasteiger partial charge < -0.3 is 10.1 Å². The summed E-state index contributed by atoms with van der Waals surface area (Å²) >= 11 is 1.59. The van der Waals surface area contributed by atoms with E-state index in [1.165, 1.54) is 6.08 Å². The van der Waals surface area contributed by atoms with Crippen LogP contribution in [0.1, 0.15) is 6.42 Å². The summed E-state index contributed by atoms with van der Waals surface area (Å²) in [5.41, 5.74) is 0.884. The fourth-order valence-corrected chi connectivity index (χ4v) is 3.62. The molecule has 1 amide bonds. The number of thioether (sulfide) groups is 1. The number of aliphatic imine (C=N–C) groups is 1. The van der Waals surface area contributed by atoms with E-state index in [4.69, 9.17) is 4.74 Å². The summed E-state index contributed by atoms with van der Waals surface area (Å²) in [5.74, 6) is 0.0603. The highest BCUT2D eigenvalue weighted by molar-refractivity contribution is 8.05. The van der Waals surface area contributed by atoms with Crippen LogP contribution in [0.5, 0.6) is 0 Å². The molecule has 118 valence electrons. The Labute approximate surface area is 133 Å². The Hall–Kier alpha value is -1.44. The van der Waals surface area contributed by atoms with Crippen molar-refractivity contribution in [2.45, 2.75) is 11.8 Å². The van der Waals surface area contributed by atoms with Gasteiger partial charge in [-0.1, -0.05) is 11.8 Å². The van der Waals surface area contributed by atoms with Crippen LogP contribution in [0.2, 0.25) is 0 Å². The fraction of sp³-hybridized carbons (Fsp3) is 0.533. The number of fused-ring (bicyclic) bond motifs is 1. The molecule has 3 aliphatic rings. The predicted molar refractivity (Wildman–Crippen MR) is 85.9 cm³/mol. The first-order valence-electron chi connectivity index (χ1n) is 7.46. The minimum atomic E-state index is 0.0147. The lowest BCUT2D eigenvalue weighted by atomic mass is 10.1. The Kier molecular flexibility index (Phi) is 5.07. The first kappa shape index (κ1) is 15.5. The van der Waals surface area contributed by atoms with E-state index in [0.29, 0.717) is 26.3 Å². The van der Waals surface area contributed by atoms with E-state index in [-0.39, 0.29) is 17.1 Å². The number of nitrogens with one attached hydrogen (secondary N) is 1. The van der Waals surface area contributed by atoms with Crippen molar-refractivity contribution in [2.24, 2.45) is 4.99 Å². The zero-order valence-corrected chi connectivity index (χ0v) is 13.1. The largest absolute Gasteiger partial charge is 0.379 e. The lowest BCUT2D eigenvalue weighted by molar-refractivity contribution is -0.123. The van der Waals surface area contributed by atoms with Crippen molar-refractivity contribution in [3.8, 4) is 0 Å². The van der Waals surface area contributed by atoms with Gasteiger partial charge in [0, 0.05) is 30.6 Å². The number of hydrogen-bond donors (Lipinski definition) is 1. The third-order valence-electron chi connectivity index (χ3n) is 3.66. The van der Waals surface area contributed by atoms with E-state index in [2.05, 4.69) is 15.2 Å². The van der Waals surface area contributed by atoms with E-state index < -0.39 is 0 Å². The lowest BCUT2D eigenvalue weighted by Crippen LogP contribution is -2.43. The van der Waals surface area contributed by atoms with Crippen LogP contribution in [0.25, 0.3) is 0 Å². The maximum atomic E-state index is 11.9. The van der Waals surface area contributed by atoms with Gasteiger partial charge in [0.05, 0.1) is 25.5 Å². The average molecular weight is 321 g/mol. The third kappa shape index (κ3) is 4.06. The number of allylic oxidation sites excluding steroid dienone is 4. The summed E-state index contributed by atoms with van der Waals surface area (Å²) in [6, 6.07) is 0. The summed E-state index contributed by atoms with van der Waals surface area (Å²) in [4.78, 5) is 30.8. The summed E-state index contributed by atoms with van der Waals surface area (Å²) in [6.07, 6.45) is 5.69. The smallest absolute Gasteiger partial charge is 0.234 e. The van der Waals surface area contributed by atoms with Crippen molar-refractivity contribution >= 4 is 29.2 Å². The predicted octanol–water partition coefficient (Wildman–Crippen LogP) is 0.362. The summed E-state index contributed by atoms with van der Waals surface area (Å²) in [7, 11) is 0. The van der Waals surface area contributed by atoms with Gasteiger partial charge in [-0.3, -0.25) is 19.5 Å². The molecule has 0 spiro atoms. The Balaban J connectivity index is 1.38. The normalized spacial score (nSPS) is 24.7. The number of morpholine rings is 1. The second-order valence-corrected chi connectivity index (χ2v) is 6.58. The molecular formula is C15H19N3O3S. The highest BCUT2D eigenvalue weighted by Gasteiger charge is 2.24. The van der Waals surface area contributed by atoms with Gasteiger partial charge in [0.2, 0.25) is 5.91 Å². The minimum Gasteiger partial charge on any atom is -0.379 e. The van der Waals surface area contributed by atoms with Gasteiger partial charge in [-0.15, -0.1) is 0 Å². The maximum Gasteiger partial charge on any atom is 0.234 e. The van der Waals surface area contributed by atoms with E-state index in [1.807, 2.05) is 0 Å². The molecule has 2 heterocycles. The highest BCUT2D eigenvalue weighted by Crippen LogP contribution is 2.34. The zero-order valence-electron chi connectivity index (χ0n) is 12.3. The quantitative estimate of drug-likeness (QED) is 0.741. The Bertz CT molecular complexity index is 550. The third-order valence-corrected chi connectivity index (χ3v) is 4.86. The minimum absolute atomic E-state index is 0.0147. The van der Waals surface area contributed by atoms with Gasteiger partial charge in [0.1, 0.15) is 5.37 Å². The fourth-order valence-electron chi connectivity index (χ4n) is 2.50.